The summed E-state index contributed by atoms with van der Waals surface area (Å²) in [5, 5.41) is 0. The number of piperidine rings is 1. The van der Waals surface area contributed by atoms with Gasteiger partial charge in [0.1, 0.15) is 0 Å². The van der Waals surface area contributed by atoms with Crippen LogP contribution < -0.4 is 5.73 Å². The Morgan fingerprint density at radius 3 is 2.22 bits per heavy atom. The average Bonchev–Trinajstić information content (AvgIpc) is 2.82. The number of amides is 1. The summed E-state index contributed by atoms with van der Waals surface area (Å²) < 4.78 is 25.5. The summed E-state index contributed by atoms with van der Waals surface area (Å²) in [6.07, 6.45) is 2.06. The summed E-state index contributed by atoms with van der Waals surface area (Å²) in [7, 11) is 0. The first-order chi connectivity index (χ1) is 7.97. The molecule has 1 amide bonds. The third kappa shape index (κ3) is 2.35. The van der Waals surface area contributed by atoms with E-state index in [4.69, 9.17) is 5.73 Å². The molecule has 2 unspecified atom stereocenters. The minimum Gasteiger partial charge on any atom is -0.342 e. The van der Waals surface area contributed by atoms with Crippen molar-refractivity contribution in [2.24, 2.45) is 23.5 Å². The van der Waals surface area contributed by atoms with Gasteiger partial charge in [-0.05, 0) is 24.7 Å². The summed E-state index contributed by atoms with van der Waals surface area (Å²) in [6, 6.07) is 0.210. The van der Waals surface area contributed by atoms with Crippen LogP contribution in [0.25, 0.3) is 0 Å². The quantitative estimate of drug-likeness (QED) is 0.836. The van der Waals surface area contributed by atoms with Crippen LogP contribution in [-0.2, 0) is 4.79 Å². The van der Waals surface area contributed by atoms with E-state index in [2.05, 4.69) is 0 Å². The topological polar surface area (TPSA) is 46.3 Å². The minimum absolute atomic E-state index is 0. The van der Waals surface area contributed by atoms with E-state index < -0.39 is 11.8 Å². The Kier molecular flexibility index (Phi) is 3.58. The van der Waals surface area contributed by atoms with Crippen LogP contribution in [0.5, 0.6) is 0 Å². The highest BCUT2D eigenvalue weighted by Crippen LogP contribution is 2.51. The number of hydrogen-bond donors (Lipinski definition) is 1. The van der Waals surface area contributed by atoms with E-state index in [9.17, 15) is 13.6 Å². The van der Waals surface area contributed by atoms with Crippen LogP contribution in [0.3, 0.4) is 0 Å². The Bertz CT molecular complexity index is 339. The van der Waals surface area contributed by atoms with Crippen LogP contribution in [0.1, 0.15) is 25.7 Å². The van der Waals surface area contributed by atoms with Crippen LogP contribution in [0.15, 0.2) is 0 Å². The second-order valence-electron chi connectivity index (χ2n) is 5.84. The number of carbonyl (C=O) groups is 1. The number of likely N-dealkylation sites (tertiary alicyclic amines) is 1. The lowest BCUT2D eigenvalue weighted by molar-refractivity contribution is -0.134. The van der Waals surface area contributed by atoms with Gasteiger partial charge < -0.3 is 10.6 Å². The van der Waals surface area contributed by atoms with Gasteiger partial charge in [0.25, 0.3) is 5.92 Å². The lowest BCUT2D eigenvalue weighted by atomic mass is 9.93. The Morgan fingerprint density at radius 1 is 1.28 bits per heavy atom. The summed E-state index contributed by atoms with van der Waals surface area (Å²) in [6.45, 7) is 1.35. The monoisotopic (exact) mass is 280 g/mol. The number of rotatable bonds is 2. The second kappa shape index (κ2) is 4.60. The molecule has 2 bridgehead atoms. The van der Waals surface area contributed by atoms with Crippen molar-refractivity contribution in [1.82, 2.24) is 4.90 Å². The van der Waals surface area contributed by atoms with E-state index in [1.807, 2.05) is 0 Å². The number of nitrogens with two attached hydrogens (primary N) is 1. The molecule has 0 aromatic heterocycles. The zero-order valence-electron chi connectivity index (χ0n) is 10.1. The molecule has 0 aromatic rings. The molecule has 0 aromatic carbocycles. The highest BCUT2D eigenvalue weighted by atomic mass is 35.5. The van der Waals surface area contributed by atoms with Gasteiger partial charge in [-0.1, -0.05) is 0 Å². The van der Waals surface area contributed by atoms with Crippen LogP contribution >= 0.6 is 12.4 Å². The van der Waals surface area contributed by atoms with Crippen molar-refractivity contribution >= 4 is 18.3 Å². The number of carbonyl (C=O) groups excluding carboxylic acids is 1. The van der Waals surface area contributed by atoms with E-state index in [-0.39, 0.29) is 37.2 Å². The van der Waals surface area contributed by atoms with E-state index in [1.165, 1.54) is 0 Å². The van der Waals surface area contributed by atoms with Gasteiger partial charge in [-0.3, -0.25) is 4.79 Å². The van der Waals surface area contributed by atoms with Crippen molar-refractivity contribution in [2.75, 3.05) is 13.1 Å². The Morgan fingerprint density at radius 2 is 1.78 bits per heavy atom. The third-order valence-electron chi connectivity index (χ3n) is 4.64. The van der Waals surface area contributed by atoms with Crippen LogP contribution in [0, 0.1) is 17.8 Å². The lowest BCUT2D eigenvalue weighted by Gasteiger charge is -2.36. The molecular weight excluding hydrogens is 262 g/mol. The second-order valence-corrected chi connectivity index (χ2v) is 5.84. The predicted octanol–water partition coefficient (Wildman–Crippen LogP) is 1.65. The number of hydrogen-bond acceptors (Lipinski definition) is 2. The first-order valence-corrected chi connectivity index (χ1v) is 6.38. The van der Waals surface area contributed by atoms with Crippen molar-refractivity contribution in [3.63, 3.8) is 0 Å². The van der Waals surface area contributed by atoms with E-state index in [1.54, 1.807) is 4.90 Å². The maximum absolute atomic E-state index is 12.8. The van der Waals surface area contributed by atoms with Gasteiger partial charge >= 0.3 is 0 Å². The first kappa shape index (κ1) is 14.0. The van der Waals surface area contributed by atoms with Crippen LogP contribution in [0.2, 0.25) is 0 Å². The molecule has 1 saturated heterocycles. The highest BCUT2D eigenvalue weighted by Gasteiger charge is 2.57. The van der Waals surface area contributed by atoms with Crippen molar-refractivity contribution < 1.29 is 13.6 Å². The van der Waals surface area contributed by atoms with Crippen molar-refractivity contribution in [3.05, 3.63) is 0 Å². The Balaban J connectivity index is 0.00000120. The summed E-state index contributed by atoms with van der Waals surface area (Å²) in [4.78, 5) is 13.7. The fraction of sp³-hybridized carbons (Fsp3) is 0.917. The van der Waals surface area contributed by atoms with Crippen molar-refractivity contribution in [1.29, 1.82) is 0 Å². The SMILES string of the molecule is Cl.NC1[C@@H]2CC[C@H]1CN(C(=O)CC1CC1(F)F)C2. The molecule has 2 N–H and O–H groups in total. The standard InChI is InChI=1S/C12H18F2N2O.ClH/c13-12(14)4-9(12)3-10(17)16-5-7-1-2-8(6-16)11(7)15;/h7-9,11H,1-6,15H2;1H/t7-,8+,9?,11?;. The molecule has 6 heteroatoms. The fourth-order valence-electron chi connectivity index (χ4n) is 3.30. The molecule has 3 rings (SSSR count). The van der Waals surface area contributed by atoms with Gasteiger partial charge in [-0.2, -0.15) is 0 Å². The van der Waals surface area contributed by atoms with Gasteiger partial charge in [0, 0.05) is 37.9 Å². The normalized spacial score (nSPS) is 40.3. The van der Waals surface area contributed by atoms with Gasteiger partial charge in [0.15, 0.2) is 0 Å². The fourth-order valence-corrected chi connectivity index (χ4v) is 3.30. The van der Waals surface area contributed by atoms with Gasteiger partial charge in [0.05, 0.1) is 0 Å². The molecule has 0 radical (unpaired) electrons. The number of halogens is 3. The van der Waals surface area contributed by atoms with Gasteiger partial charge in [-0.15, -0.1) is 12.4 Å². The molecule has 3 aliphatic rings. The number of fused-ring (bicyclic) bond motifs is 2. The molecule has 1 aliphatic heterocycles. The van der Waals surface area contributed by atoms with E-state index in [0.29, 0.717) is 24.9 Å². The lowest BCUT2D eigenvalue weighted by Crippen LogP contribution is -2.50. The van der Waals surface area contributed by atoms with Crippen molar-refractivity contribution in [3.8, 4) is 0 Å². The Labute approximate surface area is 111 Å². The van der Waals surface area contributed by atoms with Crippen molar-refractivity contribution in [2.45, 2.75) is 37.6 Å². The predicted molar refractivity (Wildman–Crippen MR) is 65.7 cm³/mol. The smallest absolute Gasteiger partial charge is 0.252 e. The van der Waals surface area contributed by atoms with E-state index in [0.717, 1.165) is 12.8 Å². The molecule has 0 spiro atoms. The molecule has 4 atom stereocenters. The highest BCUT2D eigenvalue weighted by molar-refractivity contribution is 5.85. The molecular formula is C12H19ClF2N2O. The molecule has 1 heterocycles. The molecule has 2 aliphatic carbocycles. The Hall–Kier alpha value is -0.420. The summed E-state index contributed by atoms with van der Waals surface area (Å²) in [5.74, 6) is -2.62. The maximum Gasteiger partial charge on any atom is 0.252 e. The first-order valence-electron chi connectivity index (χ1n) is 6.38. The number of alkyl halides is 2. The zero-order valence-corrected chi connectivity index (χ0v) is 11.0. The molecule has 3 fully saturated rings. The maximum atomic E-state index is 12.8. The molecule has 18 heavy (non-hydrogen) atoms. The van der Waals surface area contributed by atoms with Gasteiger partial charge in [-0.25, -0.2) is 8.78 Å². The molecule has 104 valence electrons. The van der Waals surface area contributed by atoms with E-state index >= 15 is 0 Å². The summed E-state index contributed by atoms with van der Waals surface area (Å²) >= 11 is 0. The molecule has 2 saturated carbocycles. The third-order valence-corrected chi connectivity index (χ3v) is 4.64. The summed E-state index contributed by atoms with van der Waals surface area (Å²) in [5.41, 5.74) is 6.05. The largest absolute Gasteiger partial charge is 0.342 e. The van der Waals surface area contributed by atoms with Crippen LogP contribution in [0.4, 0.5) is 8.78 Å². The molecule has 3 nitrogen and oxygen atoms in total. The number of nitrogens with zero attached hydrogens (tertiary/aromatic N) is 1. The average molecular weight is 281 g/mol. The zero-order chi connectivity index (χ0) is 12.2. The minimum atomic E-state index is -2.58. The van der Waals surface area contributed by atoms with Gasteiger partial charge in [0.2, 0.25) is 5.91 Å². The van der Waals surface area contributed by atoms with Crippen LogP contribution in [-0.4, -0.2) is 35.9 Å².